The van der Waals surface area contributed by atoms with Gasteiger partial charge in [0.25, 0.3) is 5.92 Å². The Morgan fingerprint density at radius 2 is 1.52 bits per heavy atom. The fourth-order valence-corrected chi connectivity index (χ4v) is 4.14. The van der Waals surface area contributed by atoms with Crippen LogP contribution >= 0.6 is 0 Å². The van der Waals surface area contributed by atoms with Gasteiger partial charge < -0.3 is 9.64 Å². The van der Waals surface area contributed by atoms with Crippen LogP contribution in [0.15, 0.2) is 35.9 Å². The molecule has 0 radical (unpaired) electrons. The average Bonchev–Trinajstić information content (AvgIpc) is 2.72. The van der Waals surface area contributed by atoms with Crippen LogP contribution in [0.2, 0.25) is 0 Å². The van der Waals surface area contributed by atoms with Crippen LogP contribution in [0.4, 0.5) is 13.6 Å². The molecule has 1 amide bonds. The van der Waals surface area contributed by atoms with Crippen LogP contribution in [0.1, 0.15) is 79.4 Å². The van der Waals surface area contributed by atoms with Gasteiger partial charge in [-0.1, -0.05) is 56.7 Å². The molecular weight excluding hydrogens is 422 g/mol. The van der Waals surface area contributed by atoms with Gasteiger partial charge in [0.2, 0.25) is 0 Å². The van der Waals surface area contributed by atoms with Gasteiger partial charge in [0.05, 0.1) is 0 Å². The van der Waals surface area contributed by atoms with Crippen molar-refractivity contribution in [1.29, 1.82) is 0 Å². The van der Waals surface area contributed by atoms with E-state index >= 15 is 0 Å². The molecule has 1 atom stereocenters. The van der Waals surface area contributed by atoms with E-state index in [4.69, 9.17) is 4.74 Å². The molecule has 1 heterocycles. The van der Waals surface area contributed by atoms with E-state index in [9.17, 15) is 13.6 Å². The van der Waals surface area contributed by atoms with Gasteiger partial charge in [0.15, 0.2) is 0 Å². The smallest absolute Gasteiger partial charge is 0.410 e. The molecule has 4 nitrogen and oxygen atoms in total. The number of halogens is 2. The van der Waals surface area contributed by atoms with Gasteiger partial charge in [-0.05, 0) is 51.5 Å². The lowest BCUT2D eigenvalue weighted by molar-refractivity contribution is 0.00000253. The van der Waals surface area contributed by atoms with Crippen LogP contribution in [0, 0.1) is 0 Å². The zero-order valence-electron chi connectivity index (χ0n) is 21.7. The first-order valence-electron chi connectivity index (χ1n) is 12.0. The second kappa shape index (κ2) is 10.5. The fourth-order valence-electron chi connectivity index (χ4n) is 4.14. The lowest BCUT2D eigenvalue weighted by Gasteiger charge is -2.41. The molecule has 0 N–H and O–H groups in total. The SMILES string of the molecule is CCC(C)(C)OC(=O)N1CCN(C(C=C(C)C)CC(C)(C)c2ccc(C(C)(F)F)cc2)CC1. The molecule has 0 spiro atoms. The molecule has 0 aliphatic carbocycles. The number of ether oxygens (including phenoxy) is 1. The van der Waals surface area contributed by atoms with Crippen molar-refractivity contribution >= 4 is 6.09 Å². The Labute approximate surface area is 199 Å². The first kappa shape index (κ1) is 27.3. The van der Waals surface area contributed by atoms with Crippen LogP contribution in [0.5, 0.6) is 0 Å². The third kappa shape index (κ3) is 7.80. The highest BCUT2D eigenvalue weighted by Crippen LogP contribution is 2.34. The number of rotatable bonds is 8. The highest BCUT2D eigenvalue weighted by molar-refractivity contribution is 5.68. The van der Waals surface area contributed by atoms with E-state index in [2.05, 4.69) is 38.7 Å². The summed E-state index contributed by atoms with van der Waals surface area (Å²) in [5, 5.41) is 0. The molecule has 1 aromatic carbocycles. The number of carbonyl (C=O) groups excluding carboxylic acids is 1. The summed E-state index contributed by atoms with van der Waals surface area (Å²) in [5.41, 5.74) is 1.67. The maximum Gasteiger partial charge on any atom is 0.410 e. The number of allylic oxidation sites excluding steroid dienone is 1. The largest absolute Gasteiger partial charge is 0.443 e. The van der Waals surface area contributed by atoms with Gasteiger partial charge in [-0.2, -0.15) is 0 Å². The number of alkyl halides is 2. The molecule has 0 bridgehead atoms. The number of benzene rings is 1. The van der Waals surface area contributed by atoms with Crippen LogP contribution in [0.3, 0.4) is 0 Å². The minimum Gasteiger partial charge on any atom is -0.443 e. The molecule has 2 rings (SSSR count). The monoisotopic (exact) mass is 464 g/mol. The van der Waals surface area contributed by atoms with Gasteiger partial charge in [0.1, 0.15) is 5.60 Å². The minimum atomic E-state index is -2.83. The van der Waals surface area contributed by atoms with E-state index in [1.165, 1.54) is 17.7 Å². The normalized spacial score (nSPS) is 17.0. The summed E-state index contributed by atoms with van der Waals surface area (Å²) in [6.45, 7) is 18.1. The van der Waals surface area contributed by atoms with E-state index in [1.807, 2.05) is 32.9 Å². The summed E-state index contributed by atoms with van der Waals surface area (Å²) in [4.78, 5) is 16.8. The number of hydrogen-bond donors (Lipinski definition) is 0. The maximum absolute atomic E-state index is 13.6. The molecule has 186 valence electrons. The zero-order chi connectivity index (χ0) is 25.0. The molecule has 1 unspecified atom stereocenters. The van der Waals surface area contributed by atoms with Crippen molar-refractivity contribution in [2.75, 3.05) is 26.2 Å². The van der Waals surface area contributed by atoms with Gasteiger partial charge in [-0.25, -0.2) is 13.6 Å². The first-order chi connectivity index (χ1) is 15.1. The van der Waals surface area contributed by atoms with E-state index in [0.717, 1.165) is 38.4 Å². The van der Waals surface area contributed by atoms with E-state index in [0.29, 0.717) is 13.1 Å². The van der Waals surface area contributed by atoms with Gasteiger partial charge in [-0.15, -0.1) is 0 Å². The molecule has 33 heavy (non-hydrogen) atoms. The Bertz CT molecular complexity index is 814. The highest BCUT2D eigenvalue weighted by Gasteiger charge is 2.33. The number of amides is 1. The summed E-state index contributed by atoms with van der Waals surface area (Å²) in [6, 6.07) is 6.93. The van der Waals surface area contributed by atoms with Crippen LogP contribution in [0.25, 0.3) is 0 Å². The molecular formula is C27H42F2N2O2. The molecule has 6 heteroatoms. The Morgan fingerprint density at radius 3 is 1.97 bits per heavy atom. The molecule has 1 fully saturated rings. The van der Waals surface area contributed by atoms with Crippen molar-refractivity contribution < 1.29 is 18.3 Å². The topological polar surface area (TPSA) is 32.8 Å². The number of carbonyl (C=O) groups is 1. The molecule has 1 aromatic rings. The van der Waals surface area contributed by atoms with Crippen molar-refractivity contribution in [3.05, 3.63) is 47.0 Å². The molecule has 1 aliphatic rings. The number of piperazine rings is 1. The molecule has 1 aliphatic heterocycles. The van der Waals surface area contributed by atoms with Crippen molar-refractivity contribution in [3.8, 4) is 0 Å². The van der Waals surface area contributed by atoms with Gasteiger partial charge in [-0.3, -0.25) is 4.90 Å². The Morgan fingerprint density at radius 1 is 1.00 bits per heavy atom. The average molecular weight is 465 g/mol. The van der Waals surface area contributed by atoms with Crippen LogP contribution in [-0.2, 0) is 16.1 Å². The number of nitrogens with zero attached hydrogens (tertiary/aromatic N) is 2. The molecule has 1 saturated heterocycles. The van der Waals surface area contributed by atoms with Crippen molar-refractivity contribution in [1.82, 2.24) is 9.80 Å². The predicted octanol–water partition coefficient (Wildman–Crippen LogP) is 6.74. The highest BCUT2D eigenvalue weighted by atomic mass is 19.3. The summed E-state index contributed by atoms with van der Waals surface area (Å²) in [6.07, 6.45) is 3.67. The summed E-state index contributed by atoms with van der Waals surface area (Å²) in [5.74, 6) is -2.83. The Kier molecular flexibility index (Phi) is 8.72. The Balaban J connectivity index is 2.09. The predicted molar refractivity (Wildman–Crippen MR) is 131 cm³/mol. The van der Waals surface area contributed by atoms with E-state index in [1.54, 1.807) is 4.90 Å². The van der Waals surface area contributed by atoms with E-state index < -0.39 is 11.5 Å². The maximum atomic E-state index is 13.6. The van der Waals surface area contributed by atoms with E-state index in [-0.39, 0.29) is 23.1 Å². The lowest BCUT2D eigenvalue weighted by Crippen LogP contribution is -2.53. The second-order valence-electron chi connectivity index (χ2n) is 10.9. The zero-order valence-corrected chi connectivity index (χ0v) is 21.7. The molecule has 0 aromatic heterocycles. The van der Waals surface area contributed by atoms with Gasteiger partial charge in [0, 0.05) is 44.7 Å². The van der Waals surface area contributed by atoms with Crippen molar-refractivity contribution in [3.63, 3.8) is 0 Å². The first-order valence-corrected chi connectivity index (χ1v) is 12.0. The quantitative estimate of drug-likeness (QED) is 0.399. The third-order valence-electron chi connectivity index (χ3n) is 6.67. The van der Waals surface area contributed by atoms with Crippen molar-refractivity contribution in [2.45, 2.75) is 91.2 Å². The van der Waals surface area contributed by atoms with Crippen molar-refractivity contribution in [2.24, 2.45) is 0 Å². The summed E-state index contributed by atoms with van der Waals surface area (Å²) < 4.78 is 32.9. The number of hydrogen-bond acceptors (Lipinski definition) is 3. The fraction of sp³-hybridized carbons (Fsp3) is 0.667. The third-order valence-corrected chi connectivity index (χ3v) is 6.67. The van der Waals surface area contributed by atoms with Gasteiger partial charge >= 0.3 is 6.09 Å². The van der Waals surface area contributed by atoms with Crippen LogP contribution in [-0.4, -0.2) is 53.7 Å². The Hall–Kier alpha value is -1.95. The minimum absolute atomic E-state index is 0.0390. The summed E-state index contributed by atoms with van der Waals surface area (Å²) in [7, 11) is 0. The van der Waals surface area contributed by atoms with Crippen LogP contribution < -0.4 is 0 Å². The second-order valence-corrected chi connectivity index (χ2v) is 10.9. The molecule has 0 saturated carbocycles. The lowest BCUT2D eigenvalue weighted by atomic mass is 9.78. The summed E-state index contributed by atoms with van der Waals surface area (Å²) >= 11 is 0. The standard InChI is InChI=1S/C27H42F2N2O2/c1-9-26(6,7)33-24(32)31-16-14-30(15-17-31)23(18-20(2)3)19-25(4,5)21-10-12-22(13-11-21)27(8,28)29/h10-13,18,23H,9,14-17,19H2,1-8H3.